The lowest BCUT2D eigenvalue weighted by molar-refractivity contribution is -0.120. The topological polar surface area (TPSA) is 46.1 Å². The van der Waals surface area contributed by atoms with Crippen LogP contribution in [0.25, 0.3) is 0 Å². The Morgan fingerprint density at radius 1 is 1.53 bits per heavy atom. The zero-order valence-electron chi connectivity index (χ0n) is 9.42. The van der Waals surface area contributed by atoms with Crippen LogP contribution in [0.15, 0.2) is 18.5 Å². The Hall–Kier alpha value is -1.29. The molecule has 0 aliphatic heterocycles. The number of aryl methyl sites for hydroxylation is 1. The van der Waals surface area contributed by atoms with Gasteiger partial charge >= 0.3 is 0 Å². The number of rotatable bonds is 6. The van der Waals surface area contributed by atoms with Gasteiger partial charge in [0.2, 0.25) is 5.91 Å². The molecule has 0 bridgehead atoms. The van der Waals surface area contributed by atoms with E-state index in [2.05, 4.69) is 40.6 Å². The Morgan fingerprint density at radius 3 is 2.93 bits per heavy atom. The normalized spacial score (nSPS) is 10.3. The molecule has 1 aromatic rings. The van der Waals surface area contributed by atoms with Crippen molar-refractivity contribution in [2.75, 3.05) is 13.6 Å². The van der Waals surface area contributed by atoms with Gasteiger partial charge in [-0.05, 0) is 18.6 Å². The Kier molecular flexibility index (Phi) is 4.90. The number of nitrogens with zero attached hydrogens (tertiary/aromatic N) is 1. The number of nitrogens with one attached hydrogen (secondary N) is 2. The standard InChI is InChI=1S/C11H19N3O/c1-3-14-7-5-10(9-14)8-13-6-4-11(15)12-2/h5,7,9,13H,3-4,6,8H2,1-2H3,(H,12,15). The Morgan fingerprint density at radius 2 is 2.33 bits per heavy atom. The van der Waals surface area contributed by atoms with Crippen molar-refractivity contribution in [1.29, 1.82) is 0 Å². The Bertz CT molecular complexity index is 307. The lowest BCUT2D eigenvalue weighted by atomic mass is 10.3. The van der Waals surface area contributed by atoms with Crippen LogP contribution in [0.4, 0.5) is 0 Å². The monoisotopic (exact) mass is 209 g/mol. The van der Waals surface area contributed by atoms with Gasteiger partial charge in [0.15, 0.2) is 0 Å². The molecule has 4 heteroatoms. The van der Waals surface area contributed by atoms with Crippen LogP contribution in [-0.4, -0.2) is 24.1 Å². The highest BCUT2D eigenvalue weighted by atomic mass is 16.1. The van der Waals surface area contributed by atoms with Gasteiger partial charge in [-0.3, -0.25) is 4.79 Å². The van der Waals surface area contributed by atoms with Gasteiger partial charge in [-0.25, -0.2) is 0 Å². The molecule has 0 atom stereocenters. The minimum Gasteiger partial charge on any atom is -0.359 e. The second-order valence-electron chi connectivity index (χ2n) is 3.45. The van der Waals surface area contributed by atoms with E-state index in [0.717, 1.165) is 19.6 Å². The molecular weight excluding hydrogens is 190 g/mol. The smallest absolute Gasteiger partial charge is 0.221 e. The van der Waals surface area contributed by atoms with Gasteiger partial charge < -0.3 is 15.2 Å². The summed E-state index contributed by atoms with van der Waals surface area (Å²) < 4.78 is 2.13. The molecule has 15 heavy (non-hydrogen) atoms. The Balaban J connectivity index is 2.17. The van der Waals surface area contributed by atoms with E-state index >= 15 is 0 Å². The lowest BCUT2D eigenvalue weighted by Gasteiger charge is -2.02. The van der Waals surface area contributed by atoms with E-state index in [0.29, 0.717) is 6.42 Å². The Labute approximate surface area is 90.7 Å². The number of aromatic nitrogens is 1. The summed E-state index contributed by atoms with van der Waals surface area (Å²) in [5.74, 6) is 0.0774. The molecule has 0 radical (unpaired) electrons. The molecule has 1 heterocycles. The fourth-order valence-corrected chi connectivity index (χ4v) is 1.35. The predicted octanol–water partition coefficient (Wildman–Crippen LogP) is 0.734. The van der Waals surface area contributed by atoms with Gasteiger partial charge in [0.05, 0.1) is 0 Å². The number of carbonyl (C=O) groups is 1. The quantitative estimate of drug-likeness (QED) is 0.679. The van der Waals surface area contributed by atoms with E-state index in [1.165, 1.54) is 5.56 Å². The molecule has 84 valence electrons. The van der Waals surface area contributed by atoms with Crippen LogP contribution in [0.2, 0.25) is 0 Å². The molecular formula is C11H19N3O. The van der Waals surface area contributed by atoms with Crippen LogP contribution in [0.1, 0.15) is 18.9 Å². The number of amides is 1. The largest absolute Gasteiger partial charge is 0.359 e. The van der Waals surface area contributed by atoms with Gasteiger partial charge in [-0.2, -0.15) is 0 Å². The average Bonchev–Trinajstić information content (AvgIpc) is 2.72. The third kappa shape index (κ3) is 4.16. The summed E-state index contributed by atoms with van der Waals surface area (Å²) in [6.45, 7) is 4.65. The van der Waals surface area contributed by atoms with Crippen LogP contribution in [0.5, 0.6) is 0 Å². The summed E-state index contributed by atoms with van der Waals surface area (Å²) in [5, 5.41) is 5.82. The van der Waals surface area contributed by atoms with E-state index < -0.39 is 0 Å². The SMILES string of the molecule is CCn1ccc(CNCCC(=O)NC)c1. The first-order valence-corrected chi connectivity index (χ1v) is 5.32. The molecule has 0 aromatic carbocycles. The van der Waals surface area contributed by atoms with Gasteiger partial charge in [-0.1, -0.05) is 0 Å². The van der Waals surface area contributed by atoms with Crippen molar-refractivity contribution in [3.63, 3.8) is 0 Å². The second kappa shape index (κ2) is 6.24. The van der Waals surface area contributed by atoms with Crippen molar-refractivity contribution >= 4 is 5.91 Å². The number of hydrogen-bond donors (Lipinski definition) is 2. The summed E-state index contributed by atoms with van der Waals surface area (Å²) in [7, 11) is 1.66. The highest BCUT2D eigenvalue weighted by Crippen LogP contribution is 2.00. The first-order chi connectivity index (χ1) is 7.26. The molecule has 0 aliphatic rings. The van der Waals surface area contributed by atoms with Gasteiger partial charge in [-0.15, -0.1) is 0 Å². The molecule has 0 saturated heterocycles. The van der Waals surface area contributed by atoms with Crippen LogP contribution in [0.3, 0.4) is 0 Å². The number of carbonyl (C=O) groups excluding carboxylic acids is 1. The van der Waals surface area contributed by atoms with E-state index in [1.807, 2.05) is 0 Å². The second-order valence-corrected chi connectivity index (χ2v) is 3.45. The maximum Gasteiger partial charge on any atom is 0.221 e. The van der Waals surface area contributed by atoms with Crippen molar-refractivity contribution in [1.82, 2.24) is 15.2 Å². The van der Waals surface area contributed by atoms with Gasteiger partial charge in [0.1, 0.15) is 0 Å². The molecule has 1 aromatic heterocycles. The molecule has 2 N–H and O–H groups in total. The lowest BCUT2D eigenvalue weighted by Crippen LogP contribution is -2.24. The zero-order chi connectivity index (χ0) is 11.1. The molecule has 1 amide bonds. The fraction of sp³-hybridized carbons (Fsp3) is 0.545. The average molecular weight is 209 g/mol. The van der Waals surface area contributed by atoms with E-state index in [-0.39, 0.29) is 5.91 Å². The minimum atomic E-state index is 0.0774. The van der Waals surface area contributed by atoms with Crippen molar-refractivity contribution < 1.29 is 4.79 Å². The maximum absolute atomic E-state index is 10.9. The van der Waals surface area contributed by atoms with Crippen molar-refractivity contribution in [2.45, 2.75) is 26.4 Å². The summed E-state index contributed by atoms with van der Waals surface area (Å²) in [6, 6.07) is 2.09. The van der Waals surface area contributed by atoms with E-state index in [9.17, 15) is 4.79 Å². The molecule has 4 nitrogen and oxygen atoms in total. The van der Waals surface area contributed by atoms with Gasteiger partial charge in [0.25, 0.3) is 0 Å². The highest BCUT2D eigenvalue weighted by Gasteiger charge is 1.98. The van der Waals surface area contributed by atoms with Crippen molar-refractivity contribution in [2.24, 2.45) is 0 Å². The van der Waals surface area contributed by atoms with Crippen LogP contribution in [0, 0.1) is 0 Å². The van der Waals surface area contributed by atoms with Crippen LogP contribution >= 0.6 is 0 Å². The maximum atomic E-state index is 10.9. The van der Waals surface area contributed by atoms with E-state index in [1.54, 1.807) is 7.05 Å². The molecule has 1 rings (SSSR count). The zero-order valence-corrected chi connectivity index (χ0v) is 9.42. The van der Waals surface area contributed by atoms with E-state index in [4.69, 9.17) is 0 Å². The summed E-state index contributed by atoms with van der Waals surface area (Å²) in [4.78, 5) is 10.9. The molecule has 0 saturated carbocycles. The fourth-order valence-electron chi connectivity index (χ4n) is 1.35. The van der Waals surface area contributed by atoms with Crippen LogP contribution in [-0.2, 0) is 17.9 Å². The number of hydrogen-bond acceptors (Lipinski definition) is 2. The summed E-state index contributed by atoms with van der Waals surface area (Å²) in [5.41, 5.74) is 1.26. The molecule has 0 spiro atoms. The third-order valence-corrected chi connectivity index (χ3v) is 2.31. The van der Waals surface area contributed by atoms with Crippen LogP contribution < -0.4 is 10.6 Å². The minimum absolute atomic E-state index is 0.0774. The molecule has 0 fully saturated rings. The summed E-state index contributed by atoms with van der Waals surface area (Å²) in [6.07, 6.45) is 4.72. The summed E-state index contributed by atoms with van der Waals surface area (Å²) >= 11 is 0. The van der Waals surface area contributed by atoms with Crippen molar-refractivity contribution in [3.8, 4) is 0 Å². The predicted molar refractivity (Wildman–Crippen MR) is 60.5 cm³/mol. The molecule has 0 aliphatic carbocycles. The first-order valence-electron chi connectivity index (χ1n) is 5.32. The van der Waals surface area contributed by atoms with Crippen molar-refractivity contribution in [3.05, 3.63) is 24.0 Å². The van der Waals surface area contributed by atoms with Gasteiger partial charge in [0, 0.05) is 45.5 Å². The molecule has 0 unspecified atom stereocenters. The first kappa shape index (κ1) is 11.8. The highest BCUT2D eigenvalue weighted by molar-refractivity contribution is 5.75. The third-order valence-electron chi connectivity index (χ3n) is 2.31.